The first-order valence-electron chi connectivity index (χ1n) is 29.1. The topological polar surface area (TPSA) is 74.8 Å². The molecule has 0 aliphatic carbocycles. The van der Waals surface area contributed by atoms with Crippen molar-refractivity contribution in [1.29, 1.82) is 0 Å². The first-order valence-corrected chi connectivity index (χ1v) is 34.0. The van der Waals surface area contributed by atoms with Gasteiger partial charge < -0.3 is 0 Å². The molecule has 2 unspecified atom stereocenters. The molecule has 78 heavy (non-hydrogen) atoms. The second-order valence-electron chi connectivity index (χ2n) is 21.5. The van der Waals surface area contributed by atoms with Gasteiger partial charge in [-0.2, -0.15) is 0 Å². The number of imide groups is 2. The van der Waals surface area contributed by atoms with Crippen LogP contribution >= 0.6 is 68.0 Å². The third-order valence-electron chi connectivity index (χ3n) is 16.0. The Hall–Kier alpha value is -4.82. The lowest BCUT2D eigenvalue weighted by molar-refractivity contribution is 0.0559. The predicted octanol–water partition coefficient (Wildman–Crippen LogP) is 21.1. The minimum atomic E-state index is -0.359. The van der Waals surface area contributed by atoms with E-state index in [2.05, 4.69) is 114 Å². The highest BCUT2D eigenvalue weighted by atomic mass is 32.1. The highest BCUT2D eigenvalue weighted by Gasteiger charge is 2.44. The van der Waals surface area contributed by atoms with Crippen molar-refractivity contribution < 1.29 is 19.2 Å². The molecule has 0 radical (unpaired) electrons. The second-order valence-corrected chi connectivity index (χ2v) is 28.2. The van der Waals surface area contributed by atoms with Crippen molar-refractivity contribution in [3.05, 3.63) is 117 Å². The Kier molecular flexibility index (Phi) is 18.6. The van der Waals surface area contributed by atoms with Gasteiger partial charge in [0, 0.05) is 105 Å². The van der Waals surface area contributed by atoms with E-state index in [4.69, 9.17) is 0 Å². The summed E-state index contributed by atoms with van der Waals surface area (Å²) >= 11 is 10.6. The zero-order chi connectivity index (χ0) is 54.5. The van der Waals surface area contributed by atoms with Crippen LogP contribution in [0.3, 0.4) is 0 Å². The van der Waals surface area contributed by atoms with E-state index in [1.54, 1.807) is 45.3 Å². The second kappa shape index (κ2) is 25.7. The quantitative estimate of drug-likeness (QED) is 0.0362. The number of amides is 4. The summed E-state index contributed by atoms with van der Waals surface area (Å²) in [5.74, 6) is -1.16. The van der Waals surface area contributed by atoms with Crippen LogP contribution < -0.4 is 0 Å². The van der Waals surface area contributed by atoms with E-state index in [0.29, 0.717) is 57.2 Å². The lowest BCUT2D eigenvalue weighted by Crippen LogP contribution is -2.46. The third kappa shape index (κ3) is 11.7. The molecule has 2 atom stereocenters. The Morgan fingerprint density at radius 3 is 1.01 bits per heavy atom. The molecule has 0 bridgehead atoms. The zero-order valence-electron chi connectivity index (χ0n) is 46.4. The van der Waals surface area contributed by atoms with Crippen molar-refractivity contribution in [3.8, 4) is 59.9 Å². The van der Waals surface area contributed by atoms with E-state index >= 15 is 19.2 Å². The van der Waals surface area contributed by atoms with Crippen LogP contribution in [0.25, 0.3) is 70.7 Å². The number of nitrogens with zero attached hydrogens (tertiary/aromatic N) is 2. The number of carbonyl (C=O) groups excluding carboxylic acids is 4. The molecule has 10 rings (SSSR count). The Morgan fingerprint density at radius 1 is 0.346 bits per heavy atom. The summed E-state index contributed by atoms with van der Waals surface area (Å²) in [6.45, 7) is 13.8. The summed E-state index contributed by atoms with van der Waals surface area (Å²) in [6.07, 6.45) is 19.8. The van der Waals surface area contributed by atoms with E-state index in [1.165, 1.54) is 90.4 Å². The molecule has 8 heterocycles. The van der Waals surface area contributed by atoms with E-state index in [0.717, 1.165) is 93.5 Å². The average Bonchev–Trinajstić information content (AvgIpc) is 3.87. The Labute approximate surface area is 486 Å². The van der Waals surface area contributed by atoms with Crippen LogP contribution in [0.1, 0.15) is 195 Å². The van der Waals surface area contributed by atoms with Crippen molar-refractivity contribution in [2.45, 2.75) is 157 Å². The largest absolute Gasteiger partial charge is 0.274 e. The number of thiophene rings is 6. The molecule has 8 aromatic rings. The Morgan fingerprint density at radius 2 is 0.667 bits per heavy atom. The van der Waals surface area contributed by atoms with E-state index in [1.807, 2.05) is 34.8 Å². The van der Waals surface area contributed by atoms with Crippen molar-refractivity contribution in [2.75, 3.05) is 13.1 Å². The van der Waals surface area contributed by atoms with E-state index < -0.39 is 0 Å². The van der Waals surface area contributed by atoms with Crippen molar-refractivity contribution in [3.63, 3.8) is 0 Å². The minimum absolute atomic E-state index is 0.134. The number of aryl methyl sites for hydroxylation is 2. The summed E-state index contributed by atoms with van der Waals surface area (Å²) in [5, 5.41) is 0.871. The van der Waals surface area contributed by atoms with Crippen molar-refractivity contribution >= 4 is 102 Å². The van der Waals surface area contributed by atoms with Gasteiger partial charge in [-0.05, 0) is 135 Å². The number of rotatable bonds is 28. The van der Waals surface area contributed by atoms with Crippen molar-refractivity contribution in [2.24, 2.45) is 11.8 Å². The Balaban J connectivity index is 1.09. The van der Waals surface area contributed by atoms with E-state index in [-0.39, 0.29) is 35.5 Å². The first kappa shape index (κ1) is 56.5. The van der Waals surface area contributed by atoms with Gasteiger partial charge in [-0.25, -0.2) is 0 Å². The van der Waals surface area contributed by atoms with Gasteiger partial charge in [-0.3, -0.25) is 29.0 Å². The molecule has 4 amide bonds. The SMILES string of the molecule is CCCCCCc1ccc(-c2ccc(-c3ccc(-c4cc5c6c(c(-c7ccc(-c8ccc(-c9ccc(CCCCCC)s9)s8)s7)cc7c6c4C(=O)N(CC(CC)CCCC)C7=O)C(=O)N(CC(CC)CCCC)C5=O)s3)s2)s1. The molecule has 0 fully saturated rings. The van der Waals surface area contributed by atoms with Gasteiger partial charge in [0.2, 0.25) is 0 Å². The third-order valence-corrected chi connectivity index (χ3v) is 23.5. The van der Waals surface area contributed by atoms with Gasteiger partial charge >= 0.3 is 0 Å². The fraction of sp³-hybridized carbons (Fsp3) is 0.424. The molecule has 0 saturated heterocycles. The van der Waals surface area contributed by atoms with Gasteiger partial charge in [0.05, 0.1) is 11.1 Å². The zero-order valence-corrected chi connectivity index (χ0v) is 51.3. The maximum Gasteiger partial charge on any atom is 0.262 e. The summed E-state index contributed by atoms with van der Waals surface area (Å²) in [6, 6.07) is 30.1. The number of unbranched alkanes of at least 4 members (excludes halogenated alkanes) is 8. The van der Waals surface area contributed by atoms with Crippen molar-refractivity contribution in [1.82, 2.24) is 9.80 Å². The molecule has 0 spiro atoms. The first-order chi connectivity index (χ1) is 38.1. The maximum absolute atomic E-state index is 15.5. The molecule has 2 aliphatic rings. The van der Waals surface area contributed by atoms with Crippen LogP contribution in [-0.4, -0.2) is 46.5 Å². The van der Waals surface area contributed by atoms with Gasteiger partial charge in [0.1, 0.15) is 0 Å². The van der Waals surface area contributed by atoms with Gasteiger partial charge in [-0.1, -0.05) is 119 Å². The van der Waals surface area contributed by atoms with Crippen LogP contribution in [0.4, 0.5) is 0 Å². The number of hydrogen-bond donors (Lipinski definition) is 0. The lowest BCUT2D eigenvalue weighted by Gasteiger charge is -2.36. The fourth-order valence-electron chi connectivity index (χ4n) is 11.4. The minimum Gasteiger partial charge on any atom is -0.274 e. The summed E-state index contributed by atoms with van der Waals surface area (Å²) in [5.41, 5.74) is 2.86. The summed E-state index contributed by atoms with van der Waals surface area (Å²) in [7, 11) is 0. The van der Waals surface area contributed by atoms with Gasteiger partial charge in [-0.15, -0.1) is 68.0 Å². The Bertz CT molecular complexity index is 3200. The van der Waals surface area contributed by atoms with Crippen LogP contribution in [0.2, 0.25) is 0 Å². The smallest absolute Gasteiger partial charge is 0.262 e. The van der Waals surface area contributed by atoms with Crippen LogP contribution in [0, 0.1) is 11.8 Å². The summed E-state index contributed by atoms with van der Waals surface area (Å²) < 4.78 is 0. The molecule has 2 aliphatic heterocycles. The fourth-order valence-corrected chi connectivity index (χ4v) is 17.9. The molecule has 0 saturated carbocycles. The van der Waals surface area contributed by atoms with Crippen LogP contribution in [-0.2, 0) is 12.8 Å². The predicted molar refractivity (Wildman–Crippen MR) is 337 cm³/mol. The lowest BCUT2D eigenvalue weighted by atomic mass is 9.80. The van der Waals surface area contributed by atoms with E-state index in [9.17, 15) is 0 Å². The van der Waals surface area contributed by atoms with Crippen LogP contribution in [0.15, 0.2) is 84.9 Å². The van der Waals surface area contributed by atoms with Gasteiger partial charge in [0.15, 0.2) is 0 Å². The molecule has 408 valence electrons. The standard InChI is InChI=1S/C66H74N2O4S6/c1-7-13-17-19-23-43-25-27-51(73-43)53-33-35-57(77-53)55-31-29-49(75-55)45-37-47-60-59-48(64(70)67(65(71)61(45)59)39-41(11-5)21-15-9-3)38-46(62(60)66(72)68(63(47)69)40-42(12-6)22-16-10-4)50-30-32-56(76-50)58-36-34-54(78-58)52-28-26-44(74-52)24-20-18-14-8-2/h25-38,41-42H,7-24,39-40H2,1-6H3. The maximum atomic E-state index is 15.5. The molecule has 6 nitrogen and oxygen atoms in total. The normalized spacial score (nSPS) is 14.2. The molecular weight excluding hydrogens is 1080 g/mol. The molecule has 12 heteroatoms. The average molecular weight is 1150 g/mol. The highest BCUT2D eigenvalue weighted by Crippen LogP contribution is 2.51. The molecule has 0 N–H and O–H groups in total. The molecular formula is C66H74N2O4S6. The highest BCUT2D eigenvalue weighted by molar-refractivity contribution is 7.28. The van der Waals surface area contributed by atoms with Gasteiger partial charge in [0.25, 0.3) is 23.6 Å². The molecule has 2 aromatic carbocycles. The van der Waals surface area contributed by atoms with Crippen LogP contribution in [0.5, 0.6) is 0 Å². The number of carbonyl (C=O) groups is 4. The molecule has 6 aromatic heterocycles. The summed E-state index contributed by atoms with van der Waals surface area (Å²) in [4.78, 5) is 78.8. The number of hydrogen-bond acceptors (Lipinski definition) is 10. The number of benzene rings is 2. The monoisotopic (exact) mass is 1150 g/mol.